The molecule has 0 spiro atoms. The Bertz CT molecular complexity index is 492. The summed E-state index contributed by atoms with van der Waals surface area (Å²) < 4.78 is 17.8. The third kappa shape index (κ3) is 5.15. The lowest BCUT2D eigenvalue weighted by Crippen LogP contribution is -2.38. The largest absolute Gasteiger partial charge is 0.469 e. The summed E-state index contributed by atoms with van der Waals surface area (Å²) >= 11 is 0. The van der Waals surface area contributed by atoms with Crippen LogP contribution < -0.4 is 0 Å². The zero-order valence-electron chi connectivity index (χ0n) is 12.2. The molecule has 0 aromatic heterocycles. The number of nitrogens with zero attached hydrogens (tertiary/aromatic N) is 1. The number of hydrogen-bond donors (Lipinski definition) is 1. The van der Waals surface area contributed by atoms with Crippen LogP contribution in [-0.2, 0) is 9.53 Å². The standard InChI is InChI=1S/C15H20FNO4/c1-11(15(20)21-2)10-17(7-4-8-18)14(19)12-5-3-6-13(16)9-12/h3,5-6,9,11,18H,4,7-8,10H2,1-2H3. The molecular weight excluding hydrogens is 277 g/mol. The van der Waals surface area contributed by atoms with Crippen molar-refractivity contribution in [1.82, 2.24) is 4.90 Å². The molecule has 6 heteroatoms. The highest BCUT2D eigenvalue weighted by Crippen LogP contribution is 2.11. The highest BCUT2D eigenvalue weighted by molar-refractivity contribution is 5.94. The van der Waals surface area contributed by atoms with Crippen LogP contribution in [-0.4, -0.2) is 48.7 Å². The average Bonchev–Trinajstić information content (AvgIpc) is 2.49. The summed E-state index contributed by atoms with van der Waals surface area (Å²) in [7, 11) is 1.28. The van der Waals surface area contributed by atoms with Gasteiger partial charge in [-0.1, -0.05) is 13.0 Å². The van der Waals surface area contributed by atoms with E-state index in [1.165, 1.54) is 30.2 Å². The van der Waals surface area contributed by atoms with Gasteiger partial charge in [0.2, 0.25) is 0 Å². The van der Waals surface area contributed by atoms with Crippen molar-refractivity contribution < 1.29 is 23.8 Å². The number of aliphatic hydroxyl groups is 1. The van der Waals surface area contributed by atoms with Gasteiger partial charge in [-0.15, -0.1) is 0 Å². The van der Waals surface area contributed by atoms with Crippen LogP contribution in [0.1, 0.15) is 23.7 Å². The predicted molar refractivity (Wildman–Crippen MR) is 75.2 cm³/mol. The van der Waals surface area contributed by atoms with Gasteiger partial charge in [0.05, 0.1) is 13.0 Å². The van der Waals surface area contributed by atoms with Crippen molar-refractivity contribution in [3.05, 3.63) is 35.6 Å². The normalized spacial score (nSPS) is 11.8. The van der Waals surface area contributed by atoms with Crippen molar-refractivity contribution >= 4 is 11.9 Å². The van der Waals surface area contributed by atoms with Gasteiger partial charge >= 0.3 is 5.97 Å². The molecule has 0 saturated heterocycles. The Morgan fingerprint density at radius 1 is 1.43 bits per heavy atom. The summed E-state index contributed by atoms with van der Waals surface area (Å²) in [6, 6.07) is 5.37. The van der Waals surface area contributed by atoms with Crippen LogP contribution in [0, 0.1) is 11.7 Å². The molecule has 0 aliphatic rings. The zero-order valence-corrected chi connectivity index (χ0v) is 12.2. The van der Waals surface area contributed by atoms with Gasteiger partial charge < -0.3 is 14.7 Å². The van der Waals surface area contributed by atoms with E-state index in [1.54, 1.807) is 6.92 Å². The fourth-order valence-corrected chi connectivity index (χ4v) is 1.95. The van der Waals surface area contributed by atoms with Crippen molar-refractivity contribution in [3.63, 3.8) is 0 Å². The second-order valence-corrected chi connectivity index (χ2v) is 4.76. The Morgan fingerprint density at radius 3 is 2.71 bits per heavy atom. The first-order valence-corrected chi connectivity index (χ1v) is 6.73. The van der Waals surface area contributed by atoms with Crippen LogP contribution in [0.3, 0.4) is 0 Å². The molecular formula is C15H20FNO4. The Balaban J connectivity index is 2.85. The van der Waals surface area contributed by atoms with Crippen LogP contribution in [0.2, 0.25) is 0 Å². The maximum absolute atomic E-state index is 13.2. The number of carbonyl (C=O) groups is 2. The molecule has 0 aliphatic carbocycles. The zero-order chi connectivity index (χ0) is 15.8. The van der Waals surface area contributed by atoms with E-state index in [4.69, 9.17) is 5.11 Å². The maximum Gasteiger partial charge on any atom is 0.310 e. The molecule has 0 heterocycles. The minimum absolute atomic E-state index is 0.0699. The van der Waals surface area contributed by atoms with E-state index in [2.05, 4.69) is 4.74 Å². The highest BCUT2D eigenvalue weighted by atomic mass is 19.1. The summed E-state index contributed by atoms with van der Waals surface area (Å²) in [6.45, 7) is 2.02. The van der Waals surface area contributed by atoms with E-state index in [0.717, 1.165) is 6.07 Å². The van der Waals surface area contributed by atoms with E-state index in [-0.39, 0.29) is 31.2 Å². The van der Waals surface area contributed by atoms with Crippen molar-refractivity contribution in [2.24, 2.45) is 5.92 Å². The molecule has 0 saturated carbocycles. The molecule has 21 heavy (non-hydrogen) atoms. The van der Waals surface area contributed by atoms with Crippen LogP contribution in [0.15, 0.2) is 24.3 Å². The van der Waals surface area contributed by atoms with Gasteiger partial charge in [0.25, 0.3) is 5.91 Å². The molecule has 1 rings (SSSR count). The van der Waals surface area contributed by atoms with Gasteiger partial charge in [-0.2, -0.15) is 0 Å². The quantitative estimate of drug-likeness (QED) is 0.774. The number of amides is 1. The number of ether oxygens (including phenoxy) is 1. The van der Waals surface area contributed by atoms with Crippen LogP contribution in [0.25, 0.3) is 0 Å². The number of carbonyl (C=O) groups excluding carboxylic acids is 2. The van der Waals surface area contributed by atoms with Crippen LogP contribution >= 0.6 is 0 Å². The number of benzene rings is 1. The van der Waals surface area contributed by atoms with Crippen molar-refractivity contribution in [3.8, 4) is 0 Å². The van der Waals surface area contributed by atoms with E-state index in [0.29, 0.717) is 6.42 Å². The lowest BCUT2D eigenvalue weighted by Gasteiger charge is -2.25. The molecule has 5 nitrogen and oxygen atoms in total. The summed E-state index contributed by atoms with van der Waals surface area (Å²) in [5.74, 6) is -1.79. The number of rotatable bonds is 7. The SMILES string of the molecule is COC(=O)C(C)CN(CCCO)C(=O)c1cccc(F)c1. The fraction of sp³-hybridized carbons (Fsp3) is 0.467. The lowest BCUT2D eigenvalue weighted by atomic mass is 10.1. The van der Waals surface area contributed by atoms with E-state index in [9.17, 15) is 14.0 Å². The number of hydrogen-bond acceptors (Lipinski definition) is 4. The summed E-state index contributed by atoms with van der Waals surface area (Å²) in [4.78, 5) is 25.3. The molecule has 1 aromatic carbocycles. The first-order valence-electron chi connectivity index (χ1n) is 6.73. The van der Waals surface area contributed by atoms with Gasteiger partial charge in [-0.05, 0) is 24.6 Å². The van der Waals surface area contributed by atoms with Crippen LogP contribution in [0.4, 0.5) is 4.39 Å². The van der Waals surface area contributed by atoms with Crippen molar-refractivity contribution in [1.29, 1.82) is 0 Å². The molecule has 0 radical (unpaired) electrons. The molecule has 116 valence electrons. The van der Waals surface area contributed by atoms with Crippen molar-refractivity contribution in [2.45, 2.75) is 13.3 Å². The first-order chi connectivity index (χ1) is 9.99. The third-order valence-corrected chi connectivity index (χ3v) is 3.04. The molecule has 1 aromatic rings. The molecule has 1 unspecified atom stereocenters. The van der Waals surface area contributed by atoms with Gasteiger partial charge in [-0.25, -0.2) is 4.39 Å². The molecule has 0 fully saturated rings. The van der Waals surface area contributed by atoms with E-state index >= 15 is 0 Å². The summed E-state index contributed by atoms with van der Waals surface area (Å²) in [5.41, 5.74) is 0.213. The smallest absolute Gasteiger partial charge is 0.310 e. The number of esters is 1. The monoisotopic (exact) mass is 297 g/mol. The highest BCUT2D eigenvalue weighted by Gasteiger charge is 2.22. The third-order valence-electron chi connectivity index (χ3n) is 3.04. The van der Waals surface area contributed by atoms with Gasteiger partial charge in [-0.3, -0.25) is 9.59 Å². The van der Waals surface area contributed by atoms with Crippen molar-refractivity contribution in [2.75, 3.05) is 26.8 Å². The molecule has 1 atom stereocenters. The summed E-state index contributed by atoms with van der Waals surface area (Å²) in [5, 5.41) is 8.91. The van der Waals surface area contributed by atoms with Gasteiger partial charge in [0.1, 0.15) is 5.82 Å². The summed E-state index contributed by atoms with van der Waals surface area (Å²) in [6.07, 6.45) is 0.384. The second kappa shape index (κ2) is 8.36. The molecule has 1 amide bonds. The average molecular weight is 297 g/mol. The Hall–Kier alpha value is -1.95. The number of methoxy groups -OCH3 is 1. The van der Waals surface area contributed by atoms with Gasteiger partial charge in [0.15, 0.2) is 0 Å². The fourth-order valence-electron chi connectivity index (χ4n) is 1.95. The predicted octanol–water partition coefficient (Wildman–Crippen LogP) is 1.46. The van der Waals surface area contributed by atoms with Crippen LogP contribution in [0.5, 0.6) is 0 Å². The lowest BCUT2D eigenvalue weighted by molar-refractivity contribution is -0.145. The van der Waals surface area contributed by atoms with Gasteiger partial charge in [0, 0.05) is 25.3 Å². The molecule has 0 aliphatic heterocycles. The maximum atomic E-state index is 13.2. The van der Waals surface area contributed by atoms with E-state index < -0.39 is 17.7 Å². The minimum Gasteiger partial charge on any atom is -0.469 e. The topological polar surface area (TPSA) is 66.8 Å². The number of aliphatic hydroxyl groups excluding tert-OH is 1. The molecule has 0 bridgehead atoms. The Labute approximate surface area is 123 Å². The second-order valence-electron chi connectivity index (χ2n) is 4.76. The minimum atomic E-state index is -0.496. The van der Waals surface area contributed by atoms with E-state index in [1.807, 2.05) is 0 Å². The Kier molecular flexibility index (Phi) is 6.81. The first kappa shape index (κ1) is 17.1. The molecule has 1 N–H and O–H groups in total. The Morgan fingerprint density at radius 2 is 2.14 bits per heavy atom. The number of halogens is 1.